The third kappa shape index (κ3) is 3.11. The van der Waals surface area contributed by atoms with Crippen LogP contribution in [0, 0.1) is 0 Å². The highest BCUT2D eigenvalue weighted by molar-refractivity contribution is 5.93. The minimum Gasteiger partial charge on any atom is -0.490 e. The van der Waals surface area contributed by atoms with E-state index >= 15 is 0 Å². The van der Waals surface area contributed by atoms with Crippen molar-refractivity contribution in [1.29, 1.82) is 0 Å². The quantitative estimate of drug-likeness (QED) is 0.767. The Morgan fingerprint density at radius 3 is 2.78 bits per heavy atom. The first-order valence-electron chi connectivity index (χ1n) is 6.10. The van der Waals surface area contributed by atoms with Crippen molar-refractivity contribution < 1.29 is 14.4 Å². The summed E-state index contributed by atoms with van der Waals surface area (Å²) in [7, 11) is 0. The zero-order valence-electron chi connectivity index (χ0n) is 10.3. The monoisotopic (exact) mass is 247 g/mol. The molecule has 1 aromatic rings. The molecule has 18 heavy (non-hydrogen) atoms. The van der Waals surface area contributed by atoms with Crippen LogP contribution in [0.2, 0.25) is 0 Å². The molecule has 1 saturated heterocycles. The van der Waals surface area contributed by atoms with Crippen LogP contribution in [0.25, 0.3) is 0 Å². The lowest BCUT2D eigenvalue weighted by Gasteiger charge is -2.25. The number of ether oxygens (including phenoxy) is 1. The predicted molar refractivity (Wildman–Crippen MR) is 68.4 cm³/mol. The van der Waals surface area contributed by atoms with E-state index in [1.807, 2.05) is 0 Å². The Kier molecular flexibility index (Phi) is 4.36. The second-order valence-corrected chi connectivity index (χ2v) is 4.07. The van der Waals surface area contributed by atoms with Gasteiger partial charge in [-0.2, -0.15) is 0 Å². The van der Waals surface area contributed by atoms with E-state index in [1.54, 1.807) is 30.3 Å². The van der Waals surface area contributed by atoms with Crippen molar-refractivity contribution in [3.8, 4) is 5.75 Å². The average Bonchev–Trinajstić information content (AvgIpc) is 2.46. The van der Waals surface area contributed by atoms with Crippen LogP contribution in [-0.4, -0.2) is 30.7 Å². The summed E-state index contributed by atoms with van der Waals surface area (Å²) in [4.78, 5) is 17.4. The minimum absolute atomic E-state index is 0.0926. The van der Waals surface area contributed by atoms with Gasteiger partial charge in [-0.3, -0.25) is 9.63 Å². The molecule has 0 bridgehead atoms. The summed E-state index contributed by atoms with van der Waals surface area (Å²) in [6, 6.07) is 7.05. The Morgan fingerprint density at radius 2 is 2.17 bits per heavy atom. The topological polar surface area (TPSA) is 38.8 Å². The summed E-state index contributed by atoms with van der Waals surface area (Å²) < 4.78 is 5.36. The molecule has 1 fully saturated rings. The lowest BCUT2D eigenvalue weighted by molar-refractivity contribution is -0.144. The van der Waals surface area contributed by atoms with Crippen LogP contribution in [-0.2, 0) is 4.84 Å². The maximum Gasteiger partial charge on any atom is 0.277 e. The van der Waals surface area contributed by atoms with E-state index in [-0.39, 0.29) is 5.91 Å². The van der Waals surface area contributed by atoms with Crippen molar-refractivity contribution in [2.45, 2.75) is 12.8 Å². The third-order valence-electron chi connectivity index (χ3n) is 2.70. The van der Waals surface area contributed by atoms with Gasteiger partial charge in [-0.05, 0) is 37.1 Å². The molecule has 96 valence electrons. The molecule has 2 rings (SSSR count). The van der Waals surface area contributed by atoms with E-state index in [0.29, 0.717) is 25.3 Å². The van der Waals surface area contributed by atoms with Crippen molar-refractivity contribution in [2.24, 2.45) is 0 Å². The summed E-state index contributed by atoms with van der Waals surface area (Å²) in [5, 5.41) is 1.43. The molecule has 0 aromatic heterocycles. The molecule has 1 aliphatic heterocycles. The normalized spacial score (nSPS) is 15.2. The van der Waals surface area contributed by atoms with Gasteiger partial charge in [-0.25, -0.2) is 5.06 Å². The highest BCUT2D eigenvalue weighted by Gasteiger charge is 2.19. The van der Waals surface area contributed by atoms with Gasteiger partial charge in [0.25, 0.3) is 5.91 Å². The minimum atomic E-state index is -0.0926. The molecule has 4 nitrogen and oxygen atoms in total. The highest BCUT2D eigenvalue weighted by Crippen LogP contribution is 2.15. The molecule has 0 atom stereocenters. The molecular formula is C14H17NO3. The van der Waals surface area contributed by atoms with Crippen molar-refractivity contribution >= 4 is 5.91 Å². The number of hydrogen-bond donors (Lipinski definition) is 0. The molecule has 0 N–H and O–H groups in total. The van der Waals surface area contributed by atoms with Gasteiger partial charge in [-0.1, -0.05) is 12.7 Å². The third-order valence-corrected chi connectivity index (χ3v) is 2.70. The second kappa shape index (κ2) is 6.21. The van der Waals surface area contributed by atoms with Gasteiger partial charge >= 0.3 is 0 Å². The Bertz CT molecular complexity index is 408. The Hall–Kier alpha value is -1.81. The fourth-order valence-corrected chi connectivity index (χ4v) is 1.75. The van der Waals surface area contributed by atoms with E-state index in [9.17, 15) is 4.79 Å². The van der Waals surface area contributed by atoms with E-state index in [0.717, 1.165) is 18.6 Å². The molecule has 1 aliphatic rings. The van der Waals surface area contributed by atoms with E-state index < -0.39 is 0 Å². The van der Waals surface area contributed by atoms with Crippen molar-refractivity contribution in [2.75, 3.05) is 19.8 Å². The SMILES string of the molecule is C=CCOc1ccc(C(=O)N2CCCCO2)cc1. The molecule has 1 heterocycles. The Labute approximate surface area is 107 Å². The molecule has 0 unspecified atom stereocenters. The zero-order chi connectivity index (χ0) is 12.8. The smallest absolute Gasteiger partial charge is 0.277 e. The number of carbonyl (C=O) groups is 1. The van der Waals surface area contributed by atoms with Crippen LogP contribution in [0.4, 0.5) is 0 Å². The first kappa shape index (κ1) is 12.6. The van der Waals surface area contributed by atoms with E-state index in [1.165, 1.54) is 5.06 Å². The van der Waals surface area contributed by atoms with Gasteiger partial charge in [0.05, 0.1) is 6.61 Å². The number of carbonyl (C=O) groups excluding carboxylic acids is 1. The standard InChI is InChI=1S/C14H17NO3/c1-2-10-17-13-7-5-12(6-8-13)14(16)15-9-3-4-11-18-15/h2,5-8H,1,3-4,9-11H2. The molecule has 0 aliphatic carbocycles. The van der Waals surface area contributed by atoms with Crippen LogP contribution in [0.1, 0.15) is 23.2 Å². The van der Waals surface area contributed by atoms with Gasteiger partial charge in [0.1, 0.15) is 12.4 Å². The Morgan fingerprint density at radius 1 is 1.39 bits per heavy atom. The lowest BCUT2D eigenvalue weighted by atomic mass is 10.2. The number of rotatable bonds is 4. The maximum absolute atomic E-state index is 12.1. The fourth-order valence-electron chi connectivity index (χ4n) is 1.75. The number of nitrogens with zero attached hydrogens (tertiary/aromatic N) is 1. The van der Waals surface area contributed by atoms with Crippen LogP contribution in [0.3, 0.4) is 0 Å². The lowest BCUT2D eigenvalue weighted by Crippen LogP contribution is -2.35. The van der Waals surface area contributed by atoms with E-state index in [2.05, 4.69) is 6.58 Å². The average molecular weight is 247 g/mol. The summed E-state index contributed by atoms with van der Waals surface area (Å²) in [6.45, 7) is 5.32. The van der Waals surface area contributed by atoms with Crippen LogP contribution < -0.4 is 4.74 Å². The van der Waals surface area contributed by atoms with Gasteiger partial charge in [-0.15, -0.1) is 0 Å². The Balaban J connectivity index is 1.99. The first-order valence-corrected chi connectivity index (χ1v) is 6.10. The maximum atomic E-state index is 12.1. The van der Waals surface area contributed by atoms with Crippen molar-refractivity contribution in [1.82, 2.24) is 5.06 Å². The molecule has 0 saturated carbocycles. The van der Waals surface area contributed by atoms with E-state index in [4.69, 9.17) is 9.57 Å². The van der Waals surface area contributed by atoms with Crippen molar-refractivity contribution in [3.05, 3.63) is 42.5 Å². The molecule has 1 aromatic carbocycles. The highest BCUT2D eigenvalue weighted by atomic mass is 16.7. The molecule has 0 radical (unpaired) electrons. The first-order chi connectivity index (χ1) is 8.81. The van der Waals surface area contributed by atoms with Gasteiger partial charge < -0.3 is 4.74 Å². The summed E-state index contributed by atoms with van der Waals surface area (Å²) in [5.74, 6) is 0.635. The zero-order valence-corrected chi connectivity index (χ0v) is 10.3. The second-order valence-electron chi connectivity index (χ2n) is 4.07. The molecule has 1 amide bonds. The number of hydroxylamine groups is 2. The number of hydrogen-bond acceptors (Lipinski definition) is 3. The largest absolute Gasteiger partial charge is 0.490 e. The van der Waals surface area contributed by atoms with Crippen LogP contribution in [0.5, 0.6) is 5.75 Å². The molecule has 0 spiro atoms. The fraction of sp³-hybridized carbons (Fsp3) is 0.357. The van der Waals surface area contributed by atoms with Crippen LogP contribution in [0.15, 0.2) is 36.9 Å². The molecule has 4 heteroatoms. The summed E-state index contributed by atoms with van der Waals surface area (Å²) >= 11 is 0. The van der Waals surface area contributed by atoms with Crippen LogP contribution >= 0.6 is 0 Å². The van der Waals surface area contributed by atoms with Crippen molar-refractivity contribution in [3.63, 3.8) is 0 Å². The summed E-state index contributed by atoms with van der Waals surface area (Å²) in [5.41, 5.74) is 0.614. The number of benzene rings is 1. The summed E-state index contributed by atoms with van der Waals surface area (Å²) in [6.07, 6.45) is 3.69. The van der Waals surface area contributed by atoms with Gasteiger partial charge in [0.2, 0.25) is 0 Å². The van der Waals surface area contributed by atoms with Gasteiger partial charge in [0.15, 0.2) is 0 Å². The number of amides is 1. The predicted octanol–water partition coefficient (Wildman–Crippen LogP) is 2.42. The van der Waals surface area contributed by atoms with Gasteiger partial charge in [0, 0.05) is 12.1 Å². The molecular weight excluding hydrogens is 230 g/mol.